The Morgan fingerprint density at radius 2 is 1.68 bits per heavy atom. The lowest BCUT2D eigenvalue weighted by Crippen LogP contribution is -2.31. The zero-order chi connectivity index (χ0) is 30.8. The Balaban J connectivity index is 2.62. The molecule has 2 rings (SSSR count). The van der Waals surface area contributed by atoms with Gasteiger partial charge in [0, 0.05) is 25.3 Å². The molecule has 1 aromatic heterocycles. The first-order valence-electron chi connectivity index (χ1n) is 12.2. The molecular formula is C25H32N2O12S2. The van der Waals surface area contributed by atoms with E-state index in [0.29, 0.717) is 5.57 Å². The molecule has 16 heteroatoms. The number of carbonyl (C=O) groups excluding carboxylic acids is 2. The molecule has 1 atom stereocenters. The molecule has 1 aliphatic heterocycles. The Bertz CT molecular complexity index is 1450. The number of sulfone groups is 2. The summed E-state index contributed by atoms with van der Waals surface area (Å²) in [5.41, 5.74) is -0.195. The highest BCUT2D eigenvalue weighted by atomic mass is 32.2. The second-order valence-corrected chi connectivity index (χ2v) is 13.6. The van der Waals surface area contributed by atoms with Gasteiger partial charge in [-0.05, 0) is 30.6 Å². The number of hydrogen-bond donors (Lipinski definition) is 1. The molecule has 0 saturated heterocycles. The van der Waals surface area contributed by atoms with Crippen LogP contribution in [0, 0.1) is 10.1 Å². The predicted octanol–water partition coefficient (Wildman–Crippen LogP) is 1.24. The minimum Gasteiger partial charge on any atom is -0.461 e. The van der Waals surface area contributed by atoms with E-state index in [4.69, 9.17) is 13.9 Å². The van der Waals surface area contributed by atoms with Gasteiger partial charge in [-0.1, -0.05) is 12.2 Å². The molecule has 41 heavy (non-hydrogen) atoms. The molecule has 1 unspecified atom stereocenters. The maximum Gasteiger partial charge on any atom is 0.433 e. The zero-order valence-corrected chi connectivity index (χ0v) is 24.2. The summed E-state index contributed by atoms with van der Waals surface area (Å²) in [6, 6.07) is 1.87. The van der Waals surface area contributed by atoms with E-state index < -0.39 is 73.2 Å². The molecule has 1 aromatic rings. The number of ether oxygens (including phenoxy) is 2. The van der Waals surface area contributed by atoms with Crippen LogP contribution in [0.15, 0.2) is 64.3 Å². The van der Waals surface area contributed by atoms with Crippen LogP contribution in [0.4, 0.5) is 5.88 Å². The predicted molar refractivity (Wildman–Crippen MR) is 147 cm³/mol. The smallest absolute Gasteiger partial charge is 0.433 e. The van der Waals surface area contributed by atoms with Crippen molar-refractivity contribution in [1.29, 1.82) is 0 Å². The van der Waals surface area contributed by atoms with Gasteiger partial charge in [0.25, 0.3) is 0 Å². The monoisotopic (exact) mass is 616 g/mol. The van der Waals surface area contributed by atoms with Crippen molar-refractivity contribution >= 4 is 37.5 Å². The fraction of sp³-hybridized carbons (Fsp3) is 0.440. The Hall–Kier alpha value is -3.76. The Kier molecular flexibility index (Phi) is 12.0. The van der Waals surface area contributed by atoms with Crippen molar-refractivity contribution in [3.8, 4) is 0 Å². The van der Waals surface area contributed by atoms with E-state index in [1.165, 1.54) is 29.3 Å². The Morgan fingerprint density at radius 1 is 1.10 bits per heavy atom. The SMILES string of the molecule is C=CC1C=C(CCCO)C=C(C(=O)OCCS(C)(=O)=O)C(C(=O)OCCS(C)(=O)=O)=CN1Cc1ccc([N+](=O)[O-])o1. The number of allylic oxidation sites excluding steroid dienone is 2. The van der Waals surface area contributed by atoms with Gasteiger partial charge in [-0.15, -0.1) is 6.58 Å². The van der Waals surface area contributed by atoms with Crippen molar-refractivity contribution in [2.45, 2.75) is 25.4 Å². The molecule has 0 radical (unpaired) electrons. The zero-order valence-electron chi connectivity index (χ0n) is 22.6. The standard InChI is InChI=1S/C25H32N2O12S2/c1-4-19-14-18(6-5-9-28)15-21(24(29)37-10-12-40(2,33)34)22(25(30)38-11-13-41(3,35)36)17-26(19)16-20-7-8-23(39-20)27(31)32/h4,7-8,14-15,17,19,28H,1,5-6,9-13,16H2,2-3H3. The molecule has 0 amide bonds. The van der Waals surface area contributed by atoms with Gasteiger partial charge in [-0.25, -0.2) is 26.4 Å². The van der Waals surface area contributed by atoms with Crippen LogP contribution in [0.3, 0.4) is 0 Å². The topological polar surface area (TPSA) is 201 Å². The van der Waals surface area contributed by atoms with E-state index in [1.54, 1.807) is 6.08 Å². The molecule has 0 bridgehead atoms. The van der Waals surface area contributed by atoms with Crippen LogP contribution in [0.5, 0.6) is 0 Å². The van der Waals surface area contributed by atoms with Crippen LogP contribution in [0.1, 0.15) is 18.6 Å². The van der Waals surface area contributed by atoms with Crippen LogP contribution in [0.25, 0.3) is 0 Å². The van der Waals surface area contributed by atoms with Crippen LogP contribution >= 0.6 is 0 Å². The first-order chi connectivity index (χ1) is 19.1. The summed E-state index contributed by atoms with van der Waals surface area (Å²) in [5, 5.41) is 20.5. The number of aliphatic hydroxyl groups excluding tert-OH is 1. The number of rotatable bonds is 15. The van der Waals surface area contributed by atoms with Gasteiger partial charge in [0.05, 0.1) is 41.3 Å². The molecule has 0 saturated carbocycles. The highest BCUT2D eigenvalue weighted by Crippen LogP contribution is 2.27. The van der Waals surface area contributed by atoms with E-state index in [-0.39, 0.29) is 42.9 Å². The summed E-state index contributed by atoms with van der Waals surface area (Å²) < 4.78 is 61.7. The number of carbonyl (C=O) groups is 2. The fourth-order valence-electron chi connectivity index (χ4n) is 3.53. The molecule has 0 aromatic carbocycles. The van der Waals surface area contributed by atoms with Crippen LogP contribution in [-0.4, -0.2) is 93.6 Å². The molecule has 1 aliphatic rings. The quantitative estimate of drug-likeness (QED) is 0.128. The highest BCUT2D eigenvalue weighted by Gasteiger charge is 2.29. The van der Waals surface area contributed by atoms with E-state index in [9.17, 15) is 41.6 Å². The molecule has 14 nitrogen and oxygen atoms in total. The average molecular weight is 617 g/mol. The molecule has 0 fully saturated rings. The van der Waals surface area contributed by atoms with E-state index in [0.717, 1.165) is 18.6 Å². The van der Waals surface area contributed by atoms with Gasteiger partial charge in [-0.2, -0.15) is 0 Å². The lowest BCUT2D eigenvalue weighted by molar-refractivity contribution is -0.402. The van der Waals surface area contributed by atoms with Crippen molar-refractivity contribution < 1.29 is 50.3 Å². The number of furan rings is 1. The van der Waals surface area contributed by atoms with Gasteiger partial charge >= 0.3 is 17.8 Å². The molecule has 1 N–H and O–H groups in total. The maximum atomic E-state index is 13.2. The third-order valence-electron chi connectivity index (χ3n) is 5.53. The number of nitro groups is 1. The third kappa shape index (κ3) is 11.3. The fourth-order valence-corrected chi connectivity index (χ4v) is 4.30. The van der Waals surface area contributed by atoms with Gasteiger partial charge in [0.1, 0.15) is 23.9 Å². The Labute approximate surface area is 237 Å². The van der Waals surface area contributed by atoms with Gasteiger partial charge in [0.15, 0.2) is 19.7 Å². The maximum absolute atomic E-state index is 13.2. The van der Waals surface area contributed by atoms with Crippen LogP contribution in [0.2, 0.25) is 0 Å². The summed E-state index contributed by atoms with van der Waals surface area (Å²) in [5.74, 6) is -3.47. The van der Waals surface area contributed by atoms with Gasteiger partial charge in [0.2, 0.25) is 0 Å². The van der Waals surface area contributed by atoms with Crippen molar-refractivity contribution in [3.63, 3.8) is 0 Å². The van der Waals surface area contributed by atoms with E-state index >= 15 is 0 Å². The molecule has 0 spiro atoms. The normalized spacial score (nSPS) is 16.0. The minimum absolute atomic E-state index is 0.134. The summed E-state index contributed by atoms with van der Waals surface area (Å²) in [6.07, 6.45) is 8.21. The first-order valence-corrected chi connectivity index (χ1v) is 16.3. The third-order valence-corrected chi connectivity index (χ3v) is 7.34. The summed E-state index contributed by atoms with van der Waals surface area (Å²) >= 11 is 0. The first kappa shape index (κ1) is 33.4. The molecule has 226 valence electrons. The number of esters is 2. The van der Waals surface area contributed by atoms with E-state index in [2.05, 4.69) is 6.58 Å². The summed E-state index contributed by atoms with van der Waals surface area (Å²) in [7, 11) is -6.97. The van der Waals surface area contributed by atoms with Crippen LogP contribution in [-0.2, 0) is 45.3 Å². The van der Waals surface area contributed by atoms with Crippen molar-refractivity contribution in [2.75, 3.05) is 43.8 Å². The van der Waals surface area contributed by atoms with Crippen molar-refractivity contribution in [3.05, 3.63) is 75.7 Å². The van der Waals surface area contributed by atoms with E-state index in [1.807, 2.05) is 0 Å². The second-order valence-electron chi connectivity index (χ2n) is 9.10. The average Bonchev–Trinajstić information content (AvgIpc) is 3.32. The number of nitrogens with zero attached hydrogens (tertiary/aromatic N) is 2. The number of hydrogen-bond acceptors (Lipinski definition) is 13. The molecular weight excluding hydrogens is 584 g/mol. The second kappa shape index (κ2) is 14.7. The molecule has 0 aliphatic carbocycles. The number of aliphatic hydroxyl groups is 1. The van der Waals surface area contributed by atoms with Crippen molar-refractivity contribution in [1.82, 2.24) is 4.90 Å². The van der Waals surface area contributed by atoms with Gasteiger partial charge < -0.3 is 23.9 Å². The van der Waals surface area contributed by atoms with Gasteiger partial charge in [-0.3, -0.25) is 10.1 Å². The largest absolute Gasteiger partial charge is 0.461 e. The Morgan fingerprint density at radius 3 is 2.17 bits per heavy atom. The summed E-state index contributed by atoms with van der Waals surface area (Å²) in [4.78, 5) is 38.3. The highest BCUT2D eigenvalue weighted by molar-refractivity contribution is 7.90. The molecule has 2 heterocycles. The summed E-state index contributed by atoms with van der Waals surface area (Å²) in [6.45, 7) is 2.46. The lowest BCUT2D eigenvalue weighted by atomic mass is 9.96. The lowest BCUT2D eigenvalue weighted by Gasteiger charge is -2.29. The minimum atomic E-state index is -3.49. The van der Waals surface area contributed by atoms with Crippen LogP contribution < -0.4 is 0 Å². The van der Waals surface area contributed by atoms with Crippen molar-refractivity contribution in [2.24, 2.45) is 0 Å².